The molecule has 29 nitrogen and oxygen atoms in total. The average Bonchev–Trinajstić information content (AvgIpc) is 2.04. The lowest BCUT2D eigenvalue weighted by Gasteiger charge is -2.30. The van der Waals surface area contributed by atoms with Crippen LogP contribution in [-0.4, -0.2) is 248 Å². The van der Waals surface area contributed by atoms with Crippen molar-refractivity contribution < 1.29 is 140 Å². The smallest absolute Gasteiger partial charge is 0.187 e. The number of fused-ring (bicyclic) bond motifs is 4. The van der Waals surface area contributed by atoms with Crippen LogP contribution in [0.3, 0.4) is 0 Å². The third-order valence-corrected chi connectivity index (χ3v) is 18.9. The van der Waals surface area contributed by atoms with Crippen molar-refractivity contribution in [1.82, 2.24) is 0 Å². The Balaban J connectivity index is 0.000000247. The minimum Gasteiger partial charge on any atom is -0.394 e. The van der Waals surface area contributed by atoms with Crippen molar-refractivity contribution in [3.8, 4) is 0 Å². The van der Waals surface area contributed by atoms with Gasteiger partial charge in [-0.3, -0.25) is 32.4 Å². The first-order valence-electron chi connectivity index (χ1n) is 32.8. The summed E-state index contributed by atoms with van der Waals surface area (Å²) in [6, 6.07) is 0. The van der Waals surface area contributed by atoms with Gasteiger partial charge in [-0.1, -0.05) is 50.8 Å². The van der Waals surface area contributed by atoms with E-state index < -0.39 is 125 Å². The van der Waals surface area contributed by atoms with Crippen LogP contribution in [0.1, 0.15) is 119 Å². The first kappa shape index (κ1) is 87.0. The molecule has 9 fully saturated rings. The number of rotatable bonds is 19. The van der Waals surface area contributed by atoms with Gasteiger partial charge in [-0.2, -0.15) is 0 Å². The third kappa shape index (κ3) is 23.7. The molecule has 11 rings (SSSR count). The number of ether oxygens (including phenoxy) is 16. The van der Waals surface area contributed by atoms with Gasteiger partial charge in [0.2, 0.25) is 0 Å². The second-order valence-electron chi connectivity index (χ2n) is 27.3. The molecule has 2 aliphatic carbocycles. The van der Waals surface area contributed by atoms with Crippen molar-refractivity contribution in [2.75, 3.05) is 37.4 Å². The molecular weight excluding hydrogens is 1400 g/mol. The Morgan fingerprint density at radius 1 is 0.616 bits per heavy atom. The molecule has 0 aromatic heterocycles. The number of Topliss-reactive ketones (excluding diaryl/α,β-unsaturated/α-hetero) is 1. The van der Waals surface area contributed by atoms with Crippen LogP contribution < -0.4 is 0 Å². The van der Waals surface area contributed by atoms with Crippen molar-refractivity contribution in [2.45, 2.75) is 286 Å². The molecule has 99 heavy (non-hydrogen) atoms. The molecule has 6 N–H and O–H groups in total. The highest BCUT2D eigenvalue weighted by molar-refractivity contribution is 7.25. The van der Waals surface area contributed by atoms with Crippen molar-refractivity contribution in [2.24, 2.45) is 0 Å². The van der Waals surface area contributed by atoms with Gasteiger partial charge in [-0.25, -0.2) is 0 Å². The monoisotopic (exact) mass is 1500 g/mol. The molecule has 5 unspecified atom stereocenters. The number of ketones is 2. The Bertz CT molecular complexity index is 2800. The normalized spacial score (nSPS) is 38.1. The zero-order valence-corrected chi connectivity index (χ0v) is 63.6. The molecule has 0 spiro atoms. The lowest BCUT2D eigenvalue weighted by atomic mass is 9.94. The van der Waals surface area contributed by atoms with Crippen LogP contribution in [0.5, 0.6) is 0 Å². The zero-order chi connectivity index (χ0) is 76.0. The van der Waals surface area contributed by atoms with Crippen molar-refractivity contribution >= 4 is 53.9 Å². The second-order valence-corrected chi connectivity index (χ2v) is 30.2. The Morgan fingerprint density at radius 3 is 1.61 bits per heavy atom. The summed E-state index contributed by atoms with van der Waals surface area (Å²) in [4.78, 5) is 22.9. The Morgan fingerprint density at radius 2 is 1.10 bits per heavy atom. The van der Waals surface area contributed by atoms with Crippen LogP contribution in [-0.2, 0) is 108 Å². The van der Waals surface area contributed by atoms with Crippen molar-refractivity contribution in [3.63, 3.8) is 0 Å². The van der Waals surface area contributed by atoms with E-state index in [1.807, 2.05) is 20.8 Å². The molecule has 9 saturated heterocycles. The number of aliphatic hydroxyl groups is 6. The van der Waals surface area contributed by atoms with Gasteiger partial charge in [0, 0.05) is 1.37 Å². The first-order valence-corrected chi connectivity index (χ1v) is 36.8. The number of hydrogen-bond donors (Lipinski definition) is 6. The van der Waals surface area contributed by atoms with Gasteiger partial charge >= 0.3 is 0 Å². The molecule has 11 aliphatic rings. The molecule has 0 aromatic carbocycles. The van der Waals surface area contributed by atoms with Crippen LogP contribution in [0, 0.1) is 0 Å². The van der Waals surface area contributed by atoms with E-state index in [4.69, 9.17) is 82.3 Å². The summed E-state index contributed by atoms with van der Waals surface area (Å²) in [6.07, 6.45) is 3.33. The van der Waals surface area contributed by atoms with E-state index in [1.165, 1.54) is 25.6 Å². The van der Waals surface area contributed by atoms with Gasteiger partial charge < -0.3 is 106 Å². The fourth-order valence-corrected chi connectivity index (χ4v) is 14.2. The number of hydrogen-bond acceptors (Lipinski definition) is 29. The summed E-state index contributed by atoms with van der Waals surface area (Å²) in [5.74, 6) is -5.28. The predicted molar refractivity (Wildman–Crippen MR) is 359 cm³/mol. The Labute approximate surface area is 589 Å². The molecule has 0 aromatic rings. The van der Waals surface area contributed by atoms with Crippen molar-refractivity contribution in [3.05, 3.63) is 74.4 Å². The van der Waals surface area contributed by atoms with Crippen LogP contribution in [0.15, 0.2) is 74.4 Å². The van der Waals surface area contributed by atoms with Gasteiger partial charge in [0.25, 0.3) is 0 Å². The maximum atomic E-state index is 11.4. The van der Waals surface area contributed by atoms with Crippen LogP contribution in [0.25, 0.3) is 0 Å². The fourth-order valence-electron chi connectivity index (χ4n) is 12.1. The number of carbonyl (C=O) groups excluding carboxylic acids is 2. The maximum absolute atomic E-state index is 11.4. The topological polar surface area (TPSA) is 389 Å². The molecule has 34 heteroatoms. The number of carbonyl (C=O) groups is 2. The molecule has 9 aliphatic heterocycles. The summed E-state index contributed by atoms with van der Waals surface area (Å²) >= 11 is 0. The standard InChI is InChI=1S/C11H17O4P.C9H11O4P.C9H13O4P.C9H15O4P.C9H13O4P.C9H16O4.C8H14O5.CH4/c1-5-8-9(15-10(3,4)14-8)11(12,6-2)7-16-13;1-9(2)12-7-5(4-14-11)3-6(10)8(7)13-9;1-8(2)12-6-3-4-9(10,5-14-11)7(6)13-8;2*1-4-7-8(6(10)5-14-11)13-9(2,3)12-7;1-4-5-6-7(8(10)11-5)13-9(2,3)12-6;1-8(2)12-5-4(3-9)11-7(10)6(5)13-8;/h5-6,8-9,12H,1-2,7H2,3-4H3;3,7-8H,4H2,1-2H3;3-4,6-7,10H,5H2,1-2H3;4,6-8,10H,1,5H2,2-3H3;4,7-8H,1,5H2,2-3H3;5-8,10H,4H2,1-3H3;4-7,9-10H,3H2,1-2H3;1H4/t8-,9-,11?;7-,8+;6-,7-,9+;6-,7+,8-;7-,8+;5?,6-,7-,8?;4?,5-,6-,7?;/m0101011./s1/i;;;;;;;1D. The van der Waals surface area contributed by atoms with Gasteiger partial charge in [0.15, 0.2) is 113 Å². The zero-order valence-electron chi connectivity index (χ0n) is 60.1. The fraction of sp³-hybridized carbons (Fsp3) is 0.785. The van der Waals surface area contributed by atoms with E-state index in [-0.39, 0.29) is 128 Å². The third-order valence-electron chi connectivity index (χ3n) is 16.1. The van der Waals surface area contributed by atoms with Crippen LogP contribution in [0.2, 0.25) is 0 Å². The summed E-state index contributed by atoms with van der Waals surface area (Å²) in [5, 5.41) is 57.8. The quantitative estimate of drug-likeness (QED) is 0.0533. The van der Waals surface area contributed by atoms with E-state index in [1.54, 1.807) is 107 Å². The van der Waals surface area contributed by atoms with Crippen molar-refractivity contribution in [1.29, 1.82) is 0 Å². The molecule has 21 atom stereocenters. The Hall–Kier alpha value is -2.60. The van der Waals surface area contributed by atoms with E-state index in [2.05, 4.69) is 26.3 Å². The van der Waals surface area contributed by atoms with E-state index in [0.29, 0.717) is 6.16 Å². The molecule has 0 bridgehead atoms. The minimum absolute atomic E-state index is 0.00388. The van der Waals surface area contributed by atoms with Gasteiger partial charge in [0.05, 0.1) is 49.6 Å². The highest BCUT2D eigenvalue weighted by atomic mass is 31.1. The van der Waals surface area contributed by atoms with Gasteiger partial charge in [-0.05, 0) is 115 Å². The molecular formula is C65H103O29P5. The maximum Gasteiger partial charge on any atom is 0.187 e. The largest absolute Gasteiger partial charge is 0.394 e. The predicted octanol–water partition coefficient (Wildman–Crippen LogP) is 7.69. The highest BCUT2D eigenvalue weighted by Gasteiger charge is 2.58. The van der Waals surface area contributed by atoms with Gasteiger partial charge in [-0.15, -0.1) is 26.3 Å². The Kier molecular flexibility index (Phi) is 32.2. The van der Waals surface area contributed by atoms with E-state index in [9.17, 15) is 57.9 Å². The minimum atomic E-state index is -1.38. The molecule has 0 radical (unpaired) electrons. The second kappa shape index (κ2) is 36.6. The summed E-state index contributed by atoms with van der Waals surface area (Å²) in [6.45, 7) is 41.1. The SMILES string of the molecule is C=C[C@@H]1OC(C)(C)O[C@@H]1C(=O)CP=O.C=C[C@@H]1OC(C)(C)O[C@@H]1C(O)(C=C)CP=O.C=C[C@@H]1OC(C)(C)O[C@@H]1[C@H](O)CP=O.CC1(C)O[C@@H]2C(CO)OC(O)[C@@H]2O1.CC1(C)O[C@@H]2C(CP=O)=CC(=O)[C@@H]2O1.CC1(C)O[C@H]2C=C[C@@](O)(CP=O)[C@H]2O1.CCC1OC(O)[C@@H]2OC(C)(C)O[C@H]12.[2H]C. The highest BCUT2D eigenvalue weighted by Crippen LogP contribution is 2.44. The lowest BCUT2D eigenvalue weighted by Crippen LogP contribution is -2.47. The summed E-state index contributed by atoms with van der Waals surface area (Å²) in [5.41, 5.74) is -1.76. The number of aliphatic hydroxyl groups excluding tert-OH is 4. The first-order chi connectivity index (χ1) is 46.4. The van der Waals surface area contributed by atoms with Crippen LogP contribution in [0.4, 0.5) is 0 Å². The lowest BCUT2D eigenvalue weighted by molar-refractivity contribution is -0.223. The molecule has 562 valence electrons. The average molecular weight is 1500 g/mol. The van der Waals surface area contributed by atoms with E-state index >= 15 is 0 Å². The molecule has 0 saturated carbocycles. The molecule has 0 amide bonds. The summed E-state index contributed by atoms with van der Waals surface area (Å²) < 4.78 is 145. The van der Waals surface area contributed by atoms with Crippen LogP contribution >= 0.6 is 42.3 Å². The summed E-state index contributed by atoms with van der Waals surface area (Å²) in [7, 11) is 0.707. The molecule has 9 heterocycles. The van der Waals surface area contributed by atoms with Gasteiger partial charge in [0.1, 0.15) is 96.7 Å². The van der Waals surface area contributed by atoms with E-state index in [0.717, 1.165) is 12.0 Å².